The molecule has 3 atom stereocenters. The second-order valence-electron chi connectivity index (χ2n) is 4.09. The Hall–Kier alpha value is -0.820. The molecular formula is C12H17N. The van der Waals surface area contributed by atoms with Crippen LogP contribution in [0.1, 0.15) is 24.8 Å². The fourth-order valence-corrected chi connectivity index (χ4v) is 2.16. The van der Waals surface area contributed by atoms with Crippen LogP contribution in [0.25, 0.3) is 0 Å². The van der Waals surface area contributed by atoms with Gasteiger partial charge in [0.15, 0.2) is 0 Å². The molecule has 3 unspecified atom stereocenters. The Kier molecular flexibility index (Phi) is 2.36. The van der Waals surface area contributed by atoms with Crippen LogP contribution in [-0.2, 0) is 0 Å². The summed E-state index contributed by atoms with van der Waals surface area (Å²) in [5.74, 6) is 2.32. The largest absolute Gasteiger partial charge is 0.330 e. The minimum Gasteiger partial charge on any atom is -0.330 e. The van der Waals surface area contributed by atoms with Crippen LogP contribution in [0.2, 0.25) is 0 Å². The van der Waals surface area contributed by atoms with E-state index in [4.69, 9.17) is 5.73 Å². The van der Waals surface area contributed by atoms with Crippen molar-refractivity contribution in [1.82, 2.24) is 0 Å². The molecule has 1 aromatic carbocycles. The molecule has 0 radical (unpaired) electrons. The summed E-state index contributed by atoms with van der Waals surface area (Å²) in [4.78, 5) is 0. The van der Waals surface area contributed by atoms with Crippen LogP contribution in [0.5, 0.6) is 0 Å². The molecule has 0 spiro atoms. The third-order valence-corrected chi connectivity index (χ3v) is 3.25. The molecule has 2 N–H and O–H groups in total. The summed E-state index contributed by atoms with van der Waals surface area (Å²) in [5, 5.41) is 0. The van der Waals surface area contributed by atoms with Crippen molar-refractivity contribution in [3.05, 3.63) is 35.9 Å². The van der Waals surface area contributed by atoms with Crippen LogP contribution in [0.15, 0.2) is 30.3 Å². The fraction of sp³-hybridized carbons (Fsp3) is 0.500. The SMILES string of the molecule is CC(c1ccccc1)C1CC1CN. The molecule has 2 rings (SSSR count). The van der Waals surface area contributed by atoms with Crippen molar-refractivity contribution in [2.24, 2.45) is 17.6 Å². The highest BCUT2D eigenvalue weighted by molar-refractivity contribution is 5.21. The molecule has 0 heterocycles. The molecule has 1 saturated carbocycles. The molecule has 0 amide bonds. The highest BCUT2D eigenvalue weighted by atomic mass is 14.6. The van der Waals surface area contributed by atoms with E-state index in [1.54, 1.807) is 0 Å². The average molecular weight is 175 g/mol. The van der Waals surface area contributed by atoms with Crippen molar-refractivity contribution in [3.63, 3.8) is 0 Å². The maximum Gasteiger partial charge on any atom is -0.00459 e. The summed E-state index contributed by atoms with van der Waals surface area (Å²) in [6, 6.07) is 10.7. The first-order valence-corrected chi connectivity index (χ1v) is 5.08. The van der Waals surface area contributed by atoms with E-state index in [1.165, 1.54) is 12.0 Å². The second-order valence-corrected chi connectivity index (χ2v) is 4.09. The second kappa shape index (κ2) is 3.51. The van der Waals surface area contributed by atoms with Crippen LogP contribution in [0.4, 0.5) is 0 Å². The monoisotopic (exact) mass is 175 g/mol. The smallest absolute Gasteiger partial charge is 0.00459 e. The van der Waals surface area contributed by atoms with Gasteiger partial charge in [0.25, 0.3) is 0 Å². The summed E-state index contributed by atoms with van der Waals surface area (Å²) in [5.41, 5.74) is 7.10. The molecule has 13 heavy (non-hydrogen) atoms. The lowest BCUT2D eigenvalue weighted by atomic mass is 9.95. The van der Waals surface area contributed by atoms with Gasteiger partial charge in [0, 0.05) is 0 Å². The predicted octanol–water partition coefficient (Wildman–Crippen LogP) is 2.38. The molecule has 0 bridgehead atoms. The molecule has 1 aromatic rings. The first-order chi connectivity index (χ1) is 6.33. The molecule has 0 aromatic heterocycles. The van der Waals surface area contributed by atoms with Gasteiger partial charge >= 0.3 is 0 Å². The minimum atomic E-state index is 0.690. The van der Waals surface area contributed by atoms with Crippen molar-refractivity contribution < 1.29 is 0 Å². The van der Waals surface area contributed by atoms with Crippen molar-refractivity contribution in [1.29, 1.82) is 0 Å². The summed E-state index contributed by atoms with van der Waals surface area (Å²) >= 11 is 0. The molecule has 70 valence electrons. The van der Waals surface area contributed by atoms with Gasteiger partial charge in [-0.3, -0.25) is 0 Å². The van der Waals surface area contributed by atoms with E-state index in [9.17, 15) is 0 Å². The summed E-state index contributed by atoms with van der Waals surface area (Å²) in [7, 11) is 0. The zero-order valence-corrected chi connectivity index (χ0v) is 8.11. The van der Waals surface area contributed by atoms with Crippen LogP contribution >= 0.6 is 0 Å². The topological polar surface area (TPSA) is 26.0 Å². The number of nitrogens with two attached hydrogens (primary N) is 1. The van der Waals surface area contributed by atoms with Gasteiger partial charge in [0.2, 0.25) is 0 Å². The highest BCUT2D eigenvalue weighted by Crippen LogP contribution is 2.47. The Morgan fingerprint density at radius 2 is 2.08 bits per heavy atom. The van der Waals surface area contributed by atoms with E-state index in [-0.39, 0.29) is 0 Å². The standard InChI is InChI=1S/C12H17N/c1-9(12-7-11(12)8-13)10-5-3-2-4-6-10/h2-6,9,11-12H,7-8,13H2,1H3. The van der Waals surface area contributed by atoms with Gasteiger partial charge in [-0.25, -0.2) is 0 Å². The summed E-state index contributed by atoms with van der Waals surface area (Å²) < 4.78 is 0. The number of benzene rings is 1. The van der Waals surface area contributed by atoms with Crippen molar-refractivity contribution >= 4 is 0 Å². The predicted molar refractivity (Wildman–Crippen MR) is 55.5 cm³/mol. The molecule has 1 aliphatic rings. The average Bonchev–Trinajstić information content (AvgIpc) is 2.97. The van der Waals surface area contributed by atoms with E-state index in [1.807, 2.05) is 0 Å². The van der Waals surface area contributed by atoms with Gasteiger partial charge in [0.1, 0.15) is 0 Å². The Labute approximate surface area is 80.0 Å². The van der Waals surface area contributed by atoms with Gasteiger partial charge in [-0.1, -0.05) is 37.3 Å². The van der Waals surface area contributed by atoms with Gasteiger partial charge in [-0.2, -0.15) is 0 Å². The molecule has 1 aliphatic carbocycles. The van der Waals surface area contributed by atoms with E-state index in [0.29, 0.717) is 5.92 Å². The van der Waals surface area contributed by atoms with Gasteiger partial charge < -0.3 is 5.73 Å². The quantitative estimate of drug-likeness (QED) is 0.750. The number of hydrogen-bond acceptors (Lipinski definition) is 1. The van der Waals surface area contributed by atoms with Gasteiger partial charge in [0.05, 0.1) is 0 Å². The maximum absolute atomic E-state index is 5.64. The maximum atomic E-state index is 5.64. The lowest BCUT2D eigenvalue weighted by molar-refractivity contribution is 0.601. The van der Waals surface area contributed by atoms with Gasteiger partial charge in [-0.05, 0) is 36.3 Å². The van der Waals surface area contributed by atoms with Gasteiger partial charge in [-0.15, -0.1) is 0 Å². The third-order valence-electron chi connectivity index (χ3n) is 3.25. The van der Waals surface area contributed by atoms with E-state index in [0.717, 1.165) is 18.4 Å². The van der Waals surface area contributed by atoms with Crippen LogP contribution in [0, 0.1) is 11.8 Å². The summed E-state index contributed by atoms with van der Waals surface area (Å²) in [6.07, 6.45) is 1.33. The highest BCUT2D eigenvalue weighted by Gasteiger charge is 2.39. The van der Waals surface area contributed by atoms with Crippen LogP contribution in [-0.4, -0.2) is 6.54 Å². The zero-order valence-electron chi connectivity index (χ0n) is 8.11. The number of hydrogen-bond donors (Lipinski definition) is 1. The van der Waals surface area contributed by atoms with Crippen molar-refractivity contribution in [2.75, 3.05) is 6.54 Å². The summed E-state index contributed by atoms with van der Waals surface area (Å²) in [6.45, 7) is 3.18. The molecule has 0 saturated heterocycles. The lowest BCUT2D eigenvalue weighted by Crippen LogP contribution is -2.05. The fourth-order valence-electron chi connectivity index (χ4n) is 2.16. The molecular weight excluding hydrogens is 158 g/mol. The first-order valence-electron chi connectivity index (χ1n) is 5.08. The Bertz CT molecular complexity index is 268. The third kappa shape index (κ3) is 1.75. The lowest BCUT2D eigenvalue weighted by Gasteiger charge is -2.10. The first kappa shape index (κ1) is 8.76. The molecule has 1 nitrogen and oxygen atoms in total. The minimum absolute atomic E-state index is 0.690. The number of rotatable bonds is 3. The normalized spacial score (nSPS) is 28.5. The Morgan fingerprint density at radius 1 is 1.38 bits per heavy atom. The molecule has 1 fully saturated rings. The van der Waals surface area contributed by atoms with Crippen molar-refractivity contribution in [2.45, 2.75) is 19.3 Å². The Balaban J connectivity index is 2.03. The van der Waals surface area contributed by atoms with Crippen LogP contribution < -0.4 is 5.73 Å². The van der Waals surface area contributed by atoms with Crippen molar-refractivity contribution in [3.8, 4) is 0 Å². The van der Waals surface area contributed by atoms with E-state index < -0.39 is 0 Å². The zero-order chi connectivity index (χ0) is 9.26. The van der Waals surface area contributed by atoms with Crippen LogP contribution in [0.3, 0.4) is 0 Å². The molecule has 1 heteroatoms. The van der Waals surface area contributed by atoms with E-state index >= 15 is 0 Å². The van der Waals surface area contributed by atoms with E-state index in [2.05, 4.69) is 37.3 Å². The Morgan fingerprint density at radius 3 is 2.62 bits per heavy atom. The molecule has 0 aliphatic heterocycles.